The molecule has 2 fully saturated rings. The van der Waals surface area contributed by atoms with Gasteiger partial charge < -0.3 is 5.32 Å². The van der Waals surface area contributed by atoms with Crippen LogP contribution < -0.4 is 5.32 Å². The topological polar surface area (TPSA) is 15.3 Å². The molecule has 0 aliphatic carbocycles. The molecule has 112 valence electrons. The van der Waals surface area contributed by atoms with Gasteiger partial charge >= 0.3 is 0 Å². The van der Waals surface area contributed by atoms with Crippen molar-refractivity contribution >= 4 is 35.6 Å². The Bertz CT molecular complexity index is 434. The van der Waals surface area contributed by atoms with E-state index in [0.29, 0.717) is 18.1 Å². The van der Waals surface area contributed by atoms with Crippen LogP contribution in [0.25, 0.3) is 0 Å². The van der Waals surface area contributed by atoms with Crippen molar-refractivity contribution in [2.24, 2.45) is 0 Å². The normalized spacial score (nSPS) is 28.5. The molecule has 2 saturated heterocycles. The van der Waals surface area contributed by atoms with Gasteiger partial charge in [0.15, 0.2) is 0 Å². The first kappa shape index (κ1) is 16.4. The van der Waals surface area contributed by atoms with Gasteiger partial charge in [0.2, 0.25) is 0 Å². The minimum Gasteiger partial charge on any atom is -0.311 e. The number of halogens is 3. The third kappa shape index (κ3) is 3.42. The molecule has 2 bridgehead atoms. The van der Waals surface area contributed by atoms with Gasteiger partial charge in [-0.05, 0) is 44.9 Å². The summed E-state index contributed by atoms with van der Waals surface area (Å²) in [7, 11) is 2.19. The van der Waals surface area contributed by atoms with Gasteiger partial charge in [0.05, 0.1) is 0 Å². The second-order valence-electron chi connectivity index (χ2n) is 5.88. The molecular formula is C15H21Cl3N2. The lowest BCUT2D eigenvalue weighted by Crippen LogP contribution is -2.46. The Balaban J connectivity index is 0.00000147. The molecule has 0 amide bonds. The van der Waals surface area contributed by atoms with Crippen molar-refractivity contribution < 1.29 is 0 Å². The summed E-state index contributed by atoms with van der Waals surface area (Å²) in [4.78, 5) is 2.42. The number of fused-ring (bicyclic) bond motifs is 2. The highest BCUT2D eigenvalue weighted by molar-refractivity contribution is 6.35. The molecule has 2 unspecified atom stereocenters. The summed E-state index contributed by atoms with van der Waals surface area (Å²) in [6.07, 6.45) is 5.16. The van der Waals surface area contributed by atoms with Crippen LogP contribution in [0.2, 0.25) is 10.0 Å². The van der Waals surface area contributed by atoms with Crippen LogP contribution in [0, 0.1) is 0 Å². The van der Waals surface area contributed by atoms with Crippen LogP contribution in [0.4, 0.5) is 0 Å². The van der Waals surface area contributed by atoms with Crippen LogP contribution in [0.5, 0.6) is 0 Å². The summed E-state index contributed by atoms with van der Waals surface area (Å²) in [6.45, 7) is 0.836. The molecule has 1 aromatic rings. The highest BCUT2D eigenvalue weighted by atomic mass is 35.5. The van der Waals surface area contributed by atoms with Crippen LogP contribution in [0.15, 0.2) is 18.2 Å². The third-order valence-electron chi connectivity index (χ3n) is 4.54. The standard InChI is InChI=1S/C15H20Cl2N2.ClH/c1-19(9-13-14(16)3-2-4-15(13)17)12-7-10-5-6-11(8-12)18-10;/h2-4,10-12,18H,5-9H2,1H3;1H. The second-order valence-corrected chi connectivity index (χ2v) is 6.69. The van der Waals surface area contributed by atoms with E-state index in [-0.39, 0.29) is 12.4 Å². The Hall–Kier alpha value is 0.01000. The number of nitrogens with one attached hydrogen (secondary N) is 1. The lowest BCUT2D eigenvalue weighted by Gasteiger charge is -2.35. The minimum absolute atomic E-state index is 0. The van der Waals surface area contributed by atoms with E-state index in [1.54, 1.807) is 0 Å². The number of hydrogen-bond acceptors (Lipinski definition) is 2. The molecule has 2 aliphatic heterocycles. The fraction of sp³-hybridized carbons (Fsp3) is 0.600. The van der Waals surface area contributed by atoms with E-state index in [4.69, 9.17) is 23.2 Å². The van der Waals surface area contributed by atoms with Crippen molar-refractivity contribution in [3.05, 3.63) is 33.8 Å². The molecule has 0 saturated carbocycles. The van der Waals surface area contributed by atoms with E-state index in [1.807, 2.05) is 18.2 Å². The van der Waals surface area contributed by atoms with Gasteiger partial charge in [0.1, 0.15) is 0 Å². The van der Waals surface area contributed by atoms with E-state index in [2.05, 4.69) is 17.3 Å². The van der Waals surface area contributed by atoms with Crippen LogP contribution >= 0.6 is 35.6 Å². The van der Waals surface area contributed by atoms with E-state index in [9.17, 15) is 0 Å². The van der Waals surface area contributed by atoms with Crippen molar-refractivity contribution in [3.63, 3.8) is 0 Å². The molecule has 0 aromatic heterocycles. The van der Waals surface area contributed by atoms with Crippen molar-refractivity contribution in [1.29, 1.82) is 0 Å². The van der Waals surface area contributed by atoms with Crippen molar-refractivity contribution in [3.8, 4) is 0 Å². The largest absolute Gasteiger partial charge is 0.311 e. The summed E-state index contributed by atoms with van der Waals surface area (Å²) in [5.74, 6) is 0. The van der Waals surface area contributed by atoms with Crippen molar-refractivity contribution in [1.82, 2.24) is 10.2 Å². The molecule has 5 heteroatoms. The highest BCUT2D eigenvalue weighted by Gasteiger charge is 2.35. The van der Waals surface area contributed by atoms with Gasteiger partial charge in [-0.25, -0.2) is 0 Å². The number of nitrogens with zero attached hydrogens (tertiary/aromatic N) is 1. The third-order valence-corrected chi connectivity index (χ3v) is 5.25. The summed E-state index contributed by atoms with van der Waals surface area (Å²) in [6, 6.07) is 7.82. The first-order chi connectivity index (χ1) is 9.13. The second kappa shape index (κ2) is 6.85. The zero-order valence-corrected chi connectivity index (χ0v) is 13.9. The maximum Gasteiger partial charge on any atom is 0.0465 e. The average molecular weight is 336 g/mol. The van der Waals surface area contributed by atoms with Gasteiger partial charge in [0, 0.05) is 40.3 Å². The zero-order chi connectivity index (χ0) is 13.4. The first-order valence-corrected chi connectivity index (χ1v) is 7.78. The van der Waals surface area contributed by atoms with E-state index in [0.717, 1.165) is 22.2 Å². The Morgan fingerprint density at radius 1 is 1.15 bits per heavy atom. The zero-order valence-electron chi connectivity index (χ0n) is 11.6. The fourth-order valence-corrected chi connectivity index (χ4v) is 3.97. The smallest absolute Gasteiger partial charge is 0.0465 e. The van der Waals surface area contributed by atoms with Crippen LogP contribution in [0.3, 0.4) is 0 Å². The minimum atomic E-state index is 0. The Kier molecular flexibility index (Phi) is 5.61. The molecule has 2 aliphatic rings. The maximum atomic E-state index is 6.26. The molecule has 2 heterocycles. The lowest BCUT2D eigenvalue weighted by atomic mass is 9.98. The van der Waals surface area contributed by atoms with Crippen LogP contribution in [-0.2, 0) is 6.54 Å². The summed E-state index contributed by atoms with van der Waals surface area (Å²) >= 11 is 12.5. The van der Waals surface area contributed by atoms with Gasteiger partial charge in [-0.1, -0.05) is 29.3 Å². The summed E-state index contributed by atoms with van der Waals surface area (Å²) in [5, 5.41) is 5.23. The molecule has 2 atom stereocenters. The highest BCUT2D eigenvalue weighted by Crippen LogP contribution is 2.31. The van der Waals surface area contributed by atoms with Gasteiger partial charge in [-0.3, -0.25) is 4.90 Å². The SMILES string of the molecule is CN(Cc1c(Cl)cccc1Cl)C1CC2CCC(C1)N2.Cl. The van der Waals surface area contributed by atoms with Crippen LogP contribution in [0.1, 0.15) is 31.2 Å². The molecule has 1 N–H and O–H groups in total. The predicted octanol–water partition coefficient (Wildman–Crippen LogP) is 4.13. The van der Waals surface area contributed by atoms with E-state index < -0.39 is 0 Å². The number of piperidine rings is 1. The monoisotopic (exact) mass is 334 g/mol. The summed E-state index contributed by atoms with van der Waals surface area (Å²) < 4.78 is 0. The Morgan fingerprint density at radius 3 is 2.25 bits per heavy atom. The Labute approximate surface area is 137 Å². The molecule has 2 nitrogen and oxygen atoms in total. The summed E-state index contributed by atoms with van der Waals surface area (Å²) in [5.41, 5.74) is 1.05. The van der Waals surface area contributed by atoms with E-state index >= 15 is 0 Å². The molecule has 20 heavy (non-hydrogen) atoms. The fourth-order valence-electron chi connectivity index (χ4n) is 3.45. The van der Waals surface area contributed by atoms with E-state index in [1.165, 1.54) is 25.7 Å². The lowest BCUT2D eigenvalue weighted by molar-refractivity contribution is 0.166. The quantitative estimate of drug-likeness (QED) is 0.893. The van der Waals surface area contributed by atoms with Gasteiger partial charge in [-0.2, -0.15) is 0 Å². The molecule has 1 aromatic carbocycles. The molecule has 3 rings (SSSR count). The van der Waals surface area contributed by atoms with Gasteiger partial charge in [0.25, 0.3) is 0 Å². The first-order valence-electron chi connectivity index (χ1n) is 7.02. The molecular weight excluding hydrogens is 315 g/mol. The number of benzene rings is 1. The predicted molar refractivity (Wildman–Crippen MR) is 88.1 cm³/mol. The van der Waals surface area contributed by atoms with Crippen LogP contribution in [-0.4, -0.2) is 30.1 Å². The van der Waals surface area contributed by atoms with Gasteiger partial charge in [-0.15, -0.1) is 12.4 Å². The number of rotatable bonds is 3. The molecule has 0 spiro atoms. The average Bonchev–Trinajstić information content (AvgIpc) is 2.72. The molecule has 0 radical (unpaired) electrons. The Morgan fingerprint density at radius 2 is 1.70 bits per heavy atom. The maximum absolute atomic E-state index is 6.26. The number of hydrogen-bond donors (Lipinski definition) is 1. The van der Waals surface area contributed by atoms with Crippen molar-refractivity contribution in [2.45, 2.75) is 50.4 Å². The van der Waals surface area contributed by atoms with Crippen molar-refractivity contribution in [2.75, 3.05) is 7.05 Å².